The number of carbonyl (C=O) groups excluding carboxylic acids is 1. The van der Waals surface area contributed by atoms with Gasteiger partial charge in [-0.15, -0.1) is 6.42 Å². The number of terminal acetylenes is 1. The van der Waals surface area contributed by atoms with Crippen LogP contribution in [-0.4, -0.2) is 18.0 Å². The maximum Gasteiger partial charge on any atom is 0.222 e. The number of amides is 1. The Kier molecular flexibility index (Phi) is 7.75. The van der Waals surface area contributed by atoms with Crippen molar-refractivity contribution < 1.29 is 4.79 Å². The SMILES string of the molecule is C#CC(CCC)NC(=O)CC(N)CCC. The van der Waals surface area contributed by atoms with E-state index in [-0.39, 0.29) is 18.0 Å². The first-order chi connectivity index (χ1) is 7.13. The molecule has 2 atom stereocenters. The molecule has 3 N–H and O–H groups in total. The van der Waals surface area contributed by atoms with Crippen molar-refractivity contribution in [1.82, 2.24) is 5.32 Å². The quantitative estimate of drug-likeness (QED) is 0.624. The van der Waals surface area contributed by atoms with Gasteiger partial charge in [-0.1, -0.05) is 32.6 Å². The first kappa shape index (κ1) is 14.0. The van der Waals surface area contributed by atoms with Crippen LogP contribution in [0.2, 0.25) is 0 Å². The van der Waals surface area contributed by atoms with Gasteiger partial charge in [0.1, 0.15) is 0 Å². The molecule has 0 aliphatic heterocycles. The molecule has 15 heavy (non-hydrogen) atoms. The van der Waals surface area contributed by atoms with Gasteiger partial charge in [0.2, 0.25) is 5.91 Å². The summed E-state index contributed by atoms with van der Waals surface area (Å²) in [5.74, 6) is 2.53. The van der Waals surface area contributed by atoms with Gasteiger partial charge in [0.25, 0.3) is 0 Å². The lowest BCUT2D eigenvalue weighted by molar-refractivity contribution is -0.121. The molecule has 0 heterocycles. The van der Waals surface area contributed by atoms with Crippen LogP contribution in [0.25, 0.3) is 0 Å². The molecule has 0 bridgehead atoms. The van der Waals surface area contributed by atoms with Crippen molar-refractivity contribution in [2.45, 2.75) is 58.0 Å². The van der Waals surface area contributed by atoms with Crippen LogP contribution in [-0.2, 0) is 4.79 Å². The molecule has 1 amide bonds. The van der Waals surface area contributed by atoms with Crippen molar-refractivity contribution >= 4 is 5.91 Å². The number of rotatable bonds is 7. The summed E-state index contributed by atoms with van der Waals surface area (Å²) in [4.78, 5) is 11.5. The minimum absolute atomic E-state index is 0.0349. The van der Waals surface area contributed by atoms with E-state index in [0.717, 1.165) is 25.7 Å². The Labute approximate surface area is 92.8 Å². The fourth-order valence-corrected chi connectivity index (χ4v) is 1.45. The van der Waals surface area contributed by atoms with E-state index in [2.05, 4.69) is 18.2 Å². The second kappa shape index (κ2) is 8.31. The molecule has 0 aliphatic rings. The molecule has 0 fully saturated rings. The summed E-state index contributed by atoms with van der Waals surface area (Å²) in [5.41, 5.74) is 5.76. The normalized spacial score (nSPS) is 14.0. The molecule has 2 unspecified atom stereocenters. The van der Waals surface area contributed by atoms with Gasteiger partial charge >= 0.3 is 0 Å². The number of hydrogen-bond donors (Lipinski definition) is 2. The summed E-state index contributed by atoms with van der Waals surface area (Å²) in [6.45, 7) is 4.10. The topological polar surface area (TPSA) is 55.1 Å². The first-order valence-electron chi connectivity index (χ1n) is 5.65. The van der Waals surface area contributed by atoms with E-state index in [1.54, 1.807) is 0 Å². The van der Waals surface area contributed by atoms with Gasteiger partial charge in [0.15, 0.2) is 0 Å². The lowest BCUT2D eigenvalue weighted by Crippen LogP contribution is -2.37. The standard InChI is InChI=1S/C12H22N2O/c1-4-7-10(13)9-12(15)14-11(6-3)8-5-2/h3,10-11H,4-5,7-9,13H2,1-2H3,(H,14,15). The molecule has 0 aromatic carbocycles. The fraction of sp³-hybridized carbons (Fsp3) is 0.750. The Bertz CT molecular complexity index is 220. The molecule has 0 rings (SSSR count). The van der Waals surface area contributed by atoms with Gasteiger partial charge < -0.3 is 11.1 Å². The lowest BCUT2D eigenvalue weighted by atomic mass is 10.1. The van der Waals surface area contributed by atoms with Gasteiger partial charge in [0.05, 0.1) is 6.04 Å². The molecule has 86 valence electrons. The van der Waals surface area contributed by atoms with Crippen molar-refractivity contribution in [3.05, 3.63) is 0 Å². The predicted octanol–water partition coefficient (Wildman–Crippen LogP) is 1.42. The van der Waals surface area contributed by atoms with Crippen LogP contribution >= 0.6 is 0 Å². The number of nitrogens with two attached hydrogens (primary N) is 1. The fourth-order valence-electron chi connectivity index (χ4n) is 1.45. The number of carbonyl (C=O) groups is 1. The minimum atomic E-state index is -0.142. The highest BCUT2D eigenvalue weighted by Gasteiger charge is 2.11. The van der Waals surface area contributed by atoms with Crippen molar-refractivity contribution in [3.8, 4) is 12.3 Å². The van der Waals surface area contributed by atoms with E-state index in [9.17, 15) is 4.79 Å². The molecule has 0 radical (unpaired) electrons. The molecule has 0 spiro atoms. The summed E-state index contributed by atoms with van der Waals surface area (Å²) in [7, 11) is 0. The van der Waals surface area contributed by atoms with Crippen LogP contribution in [0, 0.1) is 12.3 Å². The molecule has 0 saturated carbocycles. The second-order valence-electron chi connectivity index (χ2n) is 3.83. The summed E-state index contributed by atoms with van der Waals surface area (Å²) < 4.78 is 0. The molecule has 3 nitrogen and oxygen atoms in total. The van der Waals surface area contributed by atoms with Crippen LogP contribution in [0.5, 0.6) is 0 Å². The summed E-state index contributed by atoms with van der Waals surface area (Å²) in [5, 5.41) is 2.80. The van der Waals surface area contributed by atoms with Crippen LogP contribution in [0.3, 0.4) is 0 Å². The van der Waals surface area contributed by atoms with Crippen LogP contribution in [0.15, 0.2) is 0 Å². The summed E-state index contributed by atoms with van der Waals surface area (Å²) >= 11 is 0. The van der Waals surface area contributed by atoms with E-state index in [1.165, 1.54) is 0 Å². The van der Waals surface area contributed by atoms with Gasteiger partial charge in [0, 0.05) is 12.5 Å². The second-order valence-corrected chi connectivity index (χ2v) is 3.83. The monoisotopic (exact) mass is 210 g/mol. The minimum Gasteiger partial charge on any atom is -0.342 e. The Morgan fingerprint density at radius 2 is 2.00 bits per heavy atom. The van der Waals surface area contributed by atoms with Gasteiger partial charge in [-0.2, -0.15) is 0 Å². The van der Waals surface area contributed by atoms with Crippen molar-refractivity contribution in [3.63, 3.8) is 0 Å². The van der Waals surface area contributed by atoms with Gasteiger partial charge in [-0.05, 0) is 12.8 Å². The third kappa shape index (κ3) is 6.98. The van der Waals surface area contributed by atoms with Crippen molar-refractivity contribution in [1.29, 1.82) is 0 Å². The zero-order valence-corrected chi connectivity index (χ0v) is 9.75. The smallest absolute Gasteiger partial charge is 0.222 e. The first-order valence-corrected chi connectivity index (χ1v) is 5.65. The van der Waals surface area contributed by atoms with Crippen LogP contribution in [0.4, 0.5) is 0 Å². The van der Waals surface area contributed by atoms with E-state index >= 15 is 0 Å². The van der Waals surface area contributed by atoms with E-state index in [1.807, 2.05) is 6.92 Å². The summed E-state index contributed by atoms with van der Waals surface area (Å²) in [6.07, 6.45) is 9.34. The molecule has 3 heteroatoms. The predicted molar refractivity (Wildman–Crippen MR) is 63.2 cm³/mol. The van der Waals surface area contributed by atoms with Gasteiger partial charge in [-0.25, -0.2) is 0 Å². The molecule has 0 aliphatic carbocycles. The van der Waals surface area contributed by atoms with Crippen molar-refractivity contribution in [2.75, 3.05) is 0 Å². The highest BCUT2D eigenvalue weighted by atomic mass is 16.1. The zero-order valence-electron chi connectivity index (χ0n) is 9.75. The highest BCUT2D eigenvalue weighted by Crippen LogP contribution is 2.00. The number of nitrogens with one attached hydrogen (secondary N) is 1. The molecular formula is C12H22N2O. The Morgan fingerprint density at radius 1 is 1.40 bits per heavy atom. The maximum atomic E-state index is 11.5. The Hall–Kier alpha value is -1.01. The average Bonchev–Trinajstić information content (AvgIpc) is 2.17. The summed E-state index contributed by atoms with van der Waals surface area (Å²) in [6, 6.07) is -0.189. The Balaban J connectivity index is 3.86. The molecular weight excluding hydrogens is 188 g/mol. The lowest BCUT2D eigenvalue weighted by Gasteiger charge is -2.14. The van der Waals surface area contributed by atoms with E-state index < -0.39 is 0 Å². The maximum absolute atomic E-state index is 11.5. The number of hydrogen-bond acceptors (Lipinski definition) is 2. The largest absolute Gasteiger partial charge is 0.342 e. The van der Waals surface area contributed by atoms with Crippen LogP contribution < -0.4 is 11.1 Å². The van der Waals surface area contributed by atoms with E-state index in [4.69, 9.17) is 12.2 Å². The molecule has 0 aromatic rings. The zero-order chi connectivity index (χ0) is 11.7. The third-order valence-corrected chi connectivity index (χ3v) is 2.22. The third-order valence-electron chi connectivity index (χ3n) is 2.22. The highest BCUT2D eigenvalue weighted by molar-refractivity contribution is 5.77. The average molecular weight is 210 g/mol. The Morgan fingerprint density at radius 3 is 2.47 bits per heavy atom. The van der Waals surface area contributed by atoms with E-state index in [0.29, 0.717) is 6.42 Å². The molecule has 0 aromatic heterocycles. The van der Waals surface area contributed by atoms with Crippen molar-refractivity contribution in [2.24, 2.45) is 5.73 Å². The molecule has 0 saturated heterocycles. The van der Waals surface area contributed by atoms with Crippen LogP contribution in [0.1, 0.15) is 46.0 Å². The van der Waals surface area contributed by atoms with Gasteiger partial charge in [-0.3, -0.25) is 4.79 Å².